The van der Waals surface area contributed by atoms with Crippen molar-refractivity contribution in [2.45, 2.75) is 61.2 Å². The summed E-state index contributed by atoms with van der Waals surface area (Å²) in [7, 11) is 0. The molecule has 0 aromatic heterocycles. The SMILES string of the molecule is C=CCc1cccc([C@H]2C3=CC[C@@H]4C(=O)N(C(C)(C)C)C(=O)[C@@H]4[C@@H]3C[C@@]3(Cl)C(=O)N(CBr)C(=O)[C@@]23Cl)c1O. The van der Waals surface area contributed by atoms with Crippen molar-refractivity contribution in [3.05, 3.63) is 53.6 Å². The molecule has 4 aliphatic rings. The quantitative estimate of drug-likeness (QED) is 0.228. The summed E-state index contributed by atoms with van der Waals surface area (Å²) in [5.74, 6) is -4.93. The molecule has 0 bridgehead atoms. The van der Waals surface area contributed by atoms with E-state index >= 15 is 0 Å². The number of benzene rings is 1. The molecule has 2 aliphatic carbocycles. The Morgan fingerprint density at radius 2 is 1.82 bits per heavy atom. The van der Waals surface area contributed by atoms with Crippen molar-refractivity contribution in [1.29, 1.82) is 0 Å². The van der Waals surface area contributed by atoms with E-state index in [0.29, 0.717) is 23.1 Å². The molecule has 2 heterocycles. The second-order valence-electron chi connectivity index (χ2n) is 11.5. The first kappa shape index (κ1) is 27.4. The van der Waals surface area contributed by atoms with E-state index in [-0.39, 0.29) is 35.9 Å². The molecule has 3 fully saturated rings. The zero-order valence-electron chi connectivity index (χ0n) is 21.3. The summed E-state index contributed by atoms with van der Waals surface area (Å²) in [5, 5.41) is 11.4. The van der Waals surface area contributed by atoms with Crippen molar-refractivity contribution in [3.8, 4) is 5.75 Å². The van der Waals surface area contributed by atoms with Gasteiger partial charge in [-0.3, -0.25) is 29.0 Å². The number of carbonyl (C=O) groups excluding carboxylic acids is 4. The van der Waals surface area contributed by atoms with Crippen LogP contribution in [0, 0.1) is 17.8 Å². The number of rotatable bonds is 4. The fourth-order valence-corrected chi connectivity index (χ4v) is 8.34. The van der Waals surface area contributed by atoms with E-state index in [1.807, 2.05) is 6.08 Å². The summed E-state index contributed by atoms with van der Waals surface area (Å²) >= 11 is 17.6. The molecule has 0 radical (unpaired) electrons. The summed E-state index contributed by atoms with van der Waals surface area (Å²) in [6, 6.07) is 5.16. The van der Waals surface area contributed by atoms with Crippen molar-refractivity contribution in [1.82, 2.24) is 9.80 Å². The van der Waals surface area contributed by atoms with Gasteiger partial charge in [-0.05, 0) is 51.5 Å². The topological polar surface area (TPSA) is 95.0 Å². The lowest BCUT2D eigenvalue weighted by Crippen LogP contribution is -2.60. The number of hydrogen-bond acceptors (Lipinski definition) is 5. The molecule has 1 aromatic rings. The van der Waals surface area contributed by atoms with Crippen LogP contribution < -0.4 is 0 Å². The highest BCUT2D eigenvalue weighted by Gasteiger charge is 2.76. The molecule has 2 aliphatic heterocycles. The lowest BCUT2D eigenvalue weighted by Gasteiger charge is -2.51. The van der Waals surface area contributed by atoms with Crippen molar-refractivity contribution in [3.63, 3.8) is 0 Å². The molecule has 1 N–H and O–H groups in total. The van der Waals surface area contributed by atoms with Crippen molar-refractivity contribution < 1.29 is 24.3 Å². The third-order valence-corrected chi connectivity index (χ3v) is 10.4. The van der Waals surface area contributed by atoms with Gasteiger partial charge in [-0.1, -0.05) is 51.9 Å². The minimum atomic E-state index is -1.95. The fourth-order valence-electron chi connectivity index (χ4n) is 6.92. The smallest absolute Gasteiger partial charge is 0.254 e. The first-order valence-electron chi connectivity index (χ1n) is 12.5. The van der Waals surface area contributed by atoms with Crippen LogP contribution in [0.15, 0.2) is 42.5 Å². The number of phenols is 1. The molecule has 38 heavy (non-hydrogen) atoms. The number of imide groups is 2. The van der Waals surface area contributed by atoms with Gasteiger partial charge in [-0.25, -0.2) is 0 Å². The highest BCUT2D eigenvalue weighted by molar-refractivity contribution is 9.09. The van der Waals surface area contributed by atoms with Gasteiger partial charge in [0.25, 0.3) is 11.8 Å². The van der Waals surface area contributed by atoms with Gasteiger partial charge in [0.15, 0.2) is 9.75 Å². The molecule has 0 spiro atoms. The van der Waals surface area contributed by atoms with Gasteiger partial charge >= 0.3 is 0 Å². The van der Waals surface area contributed by atoms with Gasteiger partial charge < -0.3 is 5.11 Å². The zero-order valence-corrected chi connectivity index (χ0v) is 24.4. The van der Waals surface area contributed by atoms with Crippen LogP contribution in [0.5, 0.6) is 5.75 Å². The van der Waals surface area contributed by atoms with Gasteiger partial charge in [-0.2, -0.15) is 0 Å². The van der Waals surface area contributed by atoms with Crippen molar-refractivity contribution >= 4 is 62.8 Å². The Bertz CT molecular complexity index is 1320. The maximum Gasteiger partial charge on any atom is 0.254 e. The molecular formula is C28H29BrCl2N2O5. The van der Waals surface area contributed by atoms with Gasteiger partial charge in [0.2, 0.25) is 11.8 Å². The molecule has 6 atom stereocenters. The number of carbonyl (C=O) groups is 4. The second-order valence-corrected chi connectivity index (χ2v) is 13.3. The molecule has 1 aromatic carbocycles. The van der Waals surface area contributed by atoms with E-state index in [9.17, 15) is 24.3 Å². The summed E-state index contributed by atoms with van der Waals surface area (Å²) in [5.41, 5.74) is 0.749. The number of amides is 4. The molecule has 4 amide bonds. The number of alkyl halides is 3. The number of hydrogen-bond donors (Lipinski definition) is 1. The van der Waals surface area contributed by atoms with Gasteiger partial charge in [0.05, 0.1) is 17.3 Å². The number of halogens is 3. The predicted octanol–water partition coefficient (Wildman–Crippen LogP) is 4.63. The van der Waals surface area contributed by atoms with E-state index in [1.54, 1.807) is 45.0 Å². The predicted molar refractivity (Wildman–Crippen MR) is 147 cm³/mol. The number of aromatic hydroxyl groups is 1. The third kappa shape index (κ3) is 3.38. The largest absolute Gasteiger partial charge is 0.507 e. The van der Waals surface area contributed by atoms with E-state index in [1.165, 1.54) is 4.90 Å². The van der Waals surface area contributed by atoms with Crippen LogP contribution in [-0.2, 0) is 25.6 Å². The maximum atomic E-state index is 13.8. The first-order valence-corrected chi connectivity index (χ1v) is 14.4. The lowest BCUT2D eigenvalue weighted by molar-refractivity contribution is -0.146. The Hall–Kier alpha value is -2.16. The molecule has 10 heteroatoms. The highest BCUT2D eigenvalue weighted by Crippen LogP contribution is 2.66. The molecule has 202 valence electrons. The van der Waals surface area contributed by atoms with Crippen LogP contribution in [0.4, 0.5) is 0 Å². The van der Waals surface area contributed by atoms with E-state index < -0.39 is 50.8 Å². The molecule has 0 unspecified atom stereocenters. The third-order valence-electron chi connectivity index (χ3n) is 8.51. The number of likely N-dealkylation sites (tertiary alicyclic amines) is 2. The highest BCUT2D eigenvalue weighted by atomic mass is 79.9. The average Bonchev–Trinajstić information content (AvgIpc) is 3.19. The Kier molecular flexibility index (Phi) is 6.44. The fraction of sp³-hybridized carbons (Fsp3) is 0.500. The monoisotopic (exact) mass is 622 g/mol. The zero-order chi connectivity index (χ0) is 27.9. The number of nitrogens with zero attached hydrogens (tertiary/aromatic N) is 2. The standard InChI is InChI=1S/C28H29BrCl2N2O5/c1-5-7-14-8-6-9-17(21(14)34)20-15-10-11-16-19(23(36)33(22(16)35)26(2,3)4)18(15)12-27(30)24(37)32(13-29)25(38)28(20,27)31/h5-6,8-10,16,18-20,34H,1,7,11-13H2,2-4H3/t16-,18+,19-,20+,27+,28-/m0/s1. The van der Waals surface area contributed by atoms with Crippen LogP contribution in [-0.4, -0.2) is 59.3 Å². The van der Waals surface area contributed by atoms with Gasteiger partial charge in [-0.15, -0.1) is 29.8 Å². The minimum absolute atomic E-state index is 0.0669. The van der Waals surface area contributed by atoms with Crippen LogP contribution in [0.25, 0.3) is 0 Å². The molecule has 2 saturated heterocycles. The Labute approximate surface area is 239 Å². The number of fused-ring (bicyclic) bond motifs is 4. The summed E-state index contributed by atoms with van der Waals surface area (Å²) < 4.78 is 0. The number of para-hydroxylation sites is 1. The average molecular weight is 624 g/mol. The van der Waals surface area contributed by atoms with Gasteiger partial charge in [0.1, 0.15) is 5.75 Å². The van der Waals surface area contributed by atoms with Gasteiger partial charge in [0, 0.05) is 17.0 Å². The minimum Gasteiger partial charge on any atom is -0.507 e. The maximum absolute atomic E-state index is 13.8. The molecular weight excluding hydrogens is 595 g/mol. The van der Waals surface area contributed by atoms with Crippen LogP contribution in [0.2, 0.25) is 0 Å². The van der Waals surface area contributed by atoms with Crippen LogP contribution >= 0.6 is 39.1 Å². The molecule has 7 nitrogen and oxygen atoms in total. The number of allylic oxidation sites excluding steroid dienone is 3. The molecule has 5 rings (SSSR count). The summed E-state index contributed by atoms with van der Waals surface area (Å²) in [4.78, 5) is 53.2. The lowest BCUT2D eigenvalue weighted by atomic mass is 9.56. The Morgan fingerprint density at radius 3 is 2.42 bits per heavy atom. The van der Waals surface area contributed by atoms with Crippen molar-refractivity contribution in [2.75, 3.05) is 5.45 Å². The van der Waals surface area contributed by atoms with Crippen LogP contribution in [0.1, 0.15) is 50.7 Å². The number of phenolic OH excluding ortho intramolecular Hbond substituents is 1. The summed E-state index contributed by atoms with van der Waals surface area (Å²) in [6.07, 6.45) is 4.08. The Morgan fingerprint density at radius 1 is 1.13 bits per heavy atom. The Balaban J connectivity index is 1.75. The van der Waals surface area contributed by atoms with Crippen molar-refractivity contribution in [2.24, 2.45) is 17.8 Å². The first-order chi connectivity index (χ1) is 17.8. The normalized spacial score (nSPS) is 34.7. The molecule has 1 saturated carbocycles. The van der Waals surface area contributed by atoms with E-state index in [2.05, 4.69) is 22.5 Å². The van der Waals surface area contributed by atoms with Crippen LogP contribution in [0.3, 0.4) is 0 Å². The second kappa shape index (κ2) is 8.93. The van der Waals surface area contributed by atoms with E-state index in [4.69, 9.17) is 23.2 Å². The summed E-state index contributed by atoms with van der Waals surface area (Å²) in [6.45, 7) is 9.17. The van der Waals surface area contributed by atoms with E-state index in [0.717, 1.165) is 4.90 Å².